The number of carbonyl (C=O) groups is 3. The minimum atomic E-state index is -1.04. The van der Waals surface area contributed by atoms with Gasteiger partial charge in [-0.3, -0.25) is 9.59 Å². The molecule has 2 rings (SSSR count). The lowest BCUT2D eigenvalue weighted by molar-refractivity contribution is -0.123. The molecule has 0 saturated carbocycles. The van der Waals surface area contributed by atoms with Crippen LogP contribution in [-0.4, -0.2) is 23.9 Å². The van der Waals surface area contributed by atoms with E-state index < -0.39 is 23.9 Å². The number of halogens is 1. The third-order valence-electron chi connectivity index (χ3n) is 2.90. The summed E-state index contributed by atoms with van der Waals surface area (Å²) in [6, 6.07) is 7.61. The Morgan fingerprint density at radius 2 is 1.87 bits per heavy atom. The first kappa shape index (κ1) is 17.0. The van der Waals surface area contributed by atoms with Crippen LogP contribution in [0.1, 0.15) is 27.6 Å². The van der Waals surface area contributed by atoms with Crippen LogP contribution >= 0.6 is 22.9 Å². The molecule has 1 aromatic heterocycles. The molecule has 1 atom stereocenters. The molecule has 8 heteroatoms. The molecule has 0 spiro atoms. The van der Waals surface area contributed by atoms with Crippen LogP contribution in [0, 0.1) is 0 Å². The number of anilines is 1. The van der Waals surface area contributed by atoms with Crippen molar-refractivity contribution in [3.05, 3.63) is 51.9 Å². The summed E-state index contributed by atoms with van der Waals surface area (Å²) in [6.45, 7) is 1.43. The Kier molecular flexibility index (Phi) is 5.36. The number of benzene rings is 1. The summed E-state index contributed by atoms with van der Waals surface area (Å²) in [6.07, 6.45) is -1.04. The summed E-state index contributed by atoms with van der Waals surface area (Å²) >= 11 is 6.89. The smallest absolute Gasteiger partial charge is 0.338 e. The van der Waals surface area contributed by atoms with Crippen LogP contribution in [0.25, 0.3) is 0 Å². The monoisotopic (exact) mass is 352 g/mol. The standard InChI is InChI=1S/C15H13ClN2O4S/c1-8(22-15(21)9-2-4-10(16)5-3-9)13(20)18-14-11(12(17)19)6-7-23-14/h2-8H,1H3,(H2,17,19)(H,18,20)/t8-/m1/s1. The summed E-state index contributed by atoms with van der Waals surface area (Å²) < 4.78 is 5.08. The average molecular weight is 353 g/mol. The van der Waals surface area contributed by atoms with Gasteiger partial charge in [0.2, 0.25) is 0 Å². The van der Waals surface area contributed by atoms with Gasteiger partial charge in [0.25, 0.3) is 11.8 Å². The Morgan fingerprint density at radius 1 is 1.22 bits per heavy atom. The lowest BCUT2D eigenvalue weighted by Gasteiger charge is -2.13. The number of hydrogen-bond acceptors (Lipinski definition) is 5. The number of nitrogens with two attached hydrogens (primary N) is 1. The van der Waals surface area contributed by atoms with Gasteiger partial charge in [-0.05, 0) is 42.6 Å². The minimum absolute atomic E-state index is 0.208. The highest BCUT2D eigenvalue weighted by Gasteiger charge is 2.21. The van der Waals surface area contributed by atoms with E-state index in [9.17, 15) is 14.4 Å². The van der Waals surface area contributed by atoms with Gasteiger partial charge >= 0.3 is 5.97 Å². The van der Waals surface area contributed by atoms with Gasteiger partial charge in [0.05, 0.1) is 11.1 Å². The number of thiophene rings is 1. The molecule has 120 valence electrons. The van der Waals surface area contributed by atoms with Crippen LogP contribution in [0.3, 0.4) is 0 Å². The number of ether oxygens (including phenoxy) is 1. The first-order valence-electron chi connectivity index (χ1n) is 6.53. The van der Waals surface area contributed by atoms with Crippen molar-refractivity contribution in [1.29, 1.82) is 0 Å². The van der Waals surface area contributed by atoms with Gasteiger partial charge in [0, 0.05) is 5.02 Å². The summed E-state index contributed by atoms with van der Waals surface area (Å²) in [5.74, 6) is -1.85. The first-order chi connectivity index (χ1) is 10.9. The Labute approximate surface area is 141 Å². The van der Waals surface area contributed by atoms with E-state index in [4.69, 9.17) is 22.1 Å². The zero-order valence-electron chi connectivity index (χ0n) is 12.0. The van der Waals surface area contributed by atoms with Gasteiger partial charge in [-0.2, -0.15) is 0 Å². The van der Waals surface area contributed by atoms with Crippen molar-refractivity contribution in [3.8, 4) is 0 Å². The van der Waals surface area contributed by atoms with Crippen LogP contribution in [0.5, 0.6) is 0 Å². The van der Waals surface area contributed by atoms with E-state index in [1.54, 1.807) is 17.5 Å². The van der Waals surface area contributed by atoms with E-state index in [0.29, 0.717) is 10.0 Å². The lowest BCUT2D eigenvalue weighted by Crippen LogP contribution is -2.30. The van der Waals surface area contributed by atoms with Gasteiger partial charge in [-0.15, -0.1) is 11.3 Å². The van der Waals surface area contributed by atoms with E-state index in [-0.39, 0.29) is 11.1 Å². The number of primary amides is 1. The molecule has 0 fully saturated rings. The molecule has 0 unspecified atom stereocenters. The zero-order chi connectivity index (χ0) is 17.0. The van der Waals surface area contributed by atoms with Crippen LogP contribution in [0.4, 0.5) is 5.00 Å². The molecule has 1 heterocycles. The van der Waals surface area contributed by atoms with Crippen molar-refractivity contribution in [2.75, 3.05) is 5.32 Å². The van der Waals surface area contributed by atoms with Gasteiger partial charge in [0.1, 0.15) is 5.00 Å². The SMILES string of the molecule is C[C@@H](OC(=O)c1ccc(Cl)cc1)C(=O)Nc1sccc1C(N)=O. The Balaban J connectivity index is 1.99. The van der Waals surface area contributed by atoms with E-state index >= 15 is 0 Å². The molecule has 0 aliphatic rings. The highest BCUT2D eigenvalue weighted by molar-refractivity contribution is 7.14. The van der Waals surface area contributed by atoms with Crippen molar-refractivity contribution in [1.82, 2.24) is 0 Å². The second-order valence-electron chi connectivity index (χ2n) is 4.57. The summed E-state index contributed by atoms with van der Waals surface area (Å²) in [5, 5.41) is 4.95. The Hall–Kier alpha value is -2.38. The van der Waals surface area contributed by atoms with Gasteiger partial charge in [0.15, 0.2) is 6.10 Å². The van der Waals surface area contributed by atoms with Gasteiger partial charge < -0.3 is 15.8 Å². The van der Waals surface area contributed by atoms with Crippen molar-refractivity contribution in [3.63, 3.8) is 0 Å². The molecule has 0 aliphatic carbocycles. The maximum absolute atomic E-state index is 12.1. The van der Waals surface area contributed by atoms with Crippen LogP contribution in [0.15, 0.2) is 35.7 Å². The topological polar surface area (TPSA) is 98.5 Å². The molecule has 1 aromatic carbocycles. The molecule has 0 bridgehead atoms. The number of esters is 1. The predicted molar refractivity (Wildman–Crippen MR) is 87.8 cm³/mol. The normalized spacial score (nSPS) is 11.6. The molecule has 2 aromatic rings. The van der Waals surface area contributed by atoms with E-state index in [0.717, 1.165) is 11.3 Å². The number of rotatable bonds is 5. The van der Waals surface area contributed by atoms with Crippen molar-refractivity contribution < 1.29 is 19.1 Å². The molecule has 0 radical (unpaired) electrons. The largest absolute Gasteiger partial charge is 0.449 e. The van der Waals surface area contributed by atoms with Crippen molar-refractivity contribution in [2.24, 2.45) is 5.73 Å². The molecule has 6 nitrogen and oxygen atoms in total. The maximum Gasteiger partial charge on any atom is 0.338 e. The summed E-state index contributed by atoms with van der Waals surface area (Å²) in [4.78, 5) is 35.2. The third kappa shape index (κ3) is 4.30. The van der Waals surface area contributed by atoms with Crippen LogP contribution in [-0.2, 0) is 9.53 Å². The second-order valence-corrected chi connectivity index (χ2v) is 5.92. The zero-order valence-corrected chi connectivity index (χ0v) is 13.6. The molecular formula is C15H13ClN2O4S. The molecule has 0 saturated heterocycles. The maximum atomic E-state index is 12.1. The quantitative estimate of drug-likeness (QED) is 0.808. The summed E-state index contributed by atoms with van der Waals surface area (Å²) in [5.41, 5.74) is 5.69. The van der Waals surface area contributed by atoms with Gasteiger partial charge in [-0.25, -0.2) is 4.79 Å². The molecule has 2 amide bonds. The van der Waals surface area contributed by atoms with Gasteiger partial charge in [-0.1, -0.05) is 11.6 Å². The van der Waals surface area contributed by atoms with E-state index in [1.165, 1.54) is 25.1 Å². The molecule has 3 N–H and O–H groups in total. The fraction of sp³-hybridized carbons (Fsp3) is 0.133. The number of nitrogens with one attached hydrogen (secondary N) is 1. The highest BCUT2D eigenvalue weighted by Crippen LogP contribution is 2.23. The fourth-order valence-corrected chi connectivity index (χ4v) is 2.60. The number of amides is 2. The Bertz CT molecular complexity index is 742. The van der Waals surface area contributed by atoms with Crippen LogP contribution < -0.4 is 11.1 Å². The number of carbonyl (C=O) groups excluding carboxylic acids is 3. The minimum Gasteiger partial charge on any atom is -0.449 e. The predicted octanol–water partition coefficient (Wildman–Crippen LogP) is 2.68. The molecule has 0 aliphatic heterocycles. The van der Waals surface area contributed by atoms with E-state index in [1.807, 2.05) is 0 Å². The Morgan fingerprint density at radius 3 is 2.48 bits per heavy atom. The fourth-order valence-electron chi connectivity index (χ4n) is 1.68. The van der Waals surface area contributed by atoms with Crippen LogP contribution in [0.2, 0.25) is 5.02 Å². The first-order valence-corrected chi connectivity index (χ1v) is 7.79. The second kappa shape index (κ2) is 7.26. The number of hydrogen-bond donors (Lipinski definition) is 2. The third-order valence-corrected chi connectivity index (χ3v) is 3.98. The van der Waals surface area contributed by atoms with E-state index in [2.05, 4.69) is 5.32 Å². The van der Waals surface area contributed by atoms with Crippen molar-refractivity contribution >= 4 is 45.7 Å². The lowest BCUT2D eigenvalue weighted by atomic mass is 10.2. The summed E-state index contributed by atoms with van der Waals surface area (Å²) in [7, 11) is 0. The molecular weight excluding hydrogens is 340 g/mol. The molecule has 23 heavy (non-hydrogen) atoms. The highest BCUT2D eigenvalue weighted by atomic mass is 35.5. The van der Waals surface area contributed by atoms with Crippen molar-refractivity contribution in [2.45, 2.75) is 13.0 Å². The average Bonchev–Trinajstić information content (AvgIpc) is 2.96.